The number of aromatic nitrogens is 2. The Hall–Kier alpha value is -0.400. The molecule has 108 valence electrons. The van der Waals surface area contributed by atoms with Gasteiger partial charge in [0.05, 0.1) is 15.9 Å². The van der Waals surface area contributed by atoms with Crippen molar-refractivity contribution in [1.29, 1.82) is 0 Å². The fraction of sp³-hybridized carbons (Fsp3) is 0.400. The lowest BCUT2D eigenvalue weighted by Crippen LogP contribution is -2.21. The molecule has 1 heterocycles. The number of benzene rings is 1. The number of rotatable bonds is 5. The van der Waals surface area contributed by atoms with Crippen molar-refractivity contribution in [3.8, 4) is 0 Å². The average molecular weight is 448 g/mol. The minimum atomic E-state index is 0.292. The number of nitrogens with one attached hydrogen (secondary N) is 1. The van der Waals surface area contributed by atoms with Gasteiger partial charge < -0.3 is 5.32 Å². The molecule has 1 aromatic carbocycles. The molecule has 3 nitrogen and oxygen atoms in total. The van der Waals surface area contributed by atoms with Crippen LogP contribution in [0.15, 0.2) is 28.7 Å². The number of hydrogen-bond acceptors (Lipinski definition) is 2. The molecular formula is C15H19BrIN3. The molecule has 1 atom stereocenters. The van der Waals surface area contributed by atoms with E-state index in [0.717, 1.165) is 23.1 Å². The molecule has 0 aliphatic rings. The Morgan fingerprint density at radius 3 is 2.70 bits per heavy atom. The van der Waals surface area contributed by atoms with E-state index in [9.17, 15) is 0 Å². The third-order valence-electron chi connectivity index (χ3n) is 3.48. The SMILES string of the molecule is CCn1nc(C)c(Br)c1CC(NC)c1ccccc1I. The maximum atomic E-state index is 4.57. The first-order chi connectivity index (χ1) is 9.58. The molecule has 0 aliphatic heterocycles. The van der Waals surface area contributed by atoms with Gasteiger partial charge in [0.25, 0.3) is 0 Å². The normalized spacial score (nSPS) is 12.7. The van der Waals surface area contributed by atoms with Gasteiger partial charge in [0, 0.05) is 22.6 Å². The van der Waals surface area contributed by atoms with Crippen LogP contribution in [0.25, 0.3) is 0 Å². The lowest BCUT2D eigenvalue weighted by Gasteiger charge is -2.19. The number of halogens is 2. The summed E-state index contributed by atoms with van der Waals surface area (Å²) >= 11 is 6.08. The molecule has 1 unspecified atom stereocenters. The zero-order valence-corrected chi connectivity index (χ0v) is 15.7. The molecule has 0 spiro atoms. The van der Waals surface area contributed by atoms with Crippen LogP contribution in [0.1, 0.15) is 29.9 Å². The molecule has 0 bridgehead atoms. The molecule has 2 aromatic rings. The van der Waals surface area contributed by atoms with Crippen LogP contribution in [-0.2, 0) is 13.0 Å². The van der Waals surface area contributed by atoms with E-state index in [-0.39, 0.29) is 0 Å². The molecule has 0 saturated heterocycles. The summed E-state index contributed by atoms with van der Waals surface area (Å²) < 4.78 is 4.50. The Morgan fingerprint density at radius 1 is 1.40 bits per heavy atom. The van der Waals surface area contributed by atoms with Crippen molar-refractivity contribution in [2.75, 3.05) is 7.05 Å². The van der Waals surface area contributed by atoms with E-state index in [4.69, 9.17) is 0 Å². The zero-order chi connectivity index (χ0) is 14.7. The topological polar surface area (TPSA) is 29.9 Å². The first-order valence-electron chi connectivity index (χ1n) is 6.72. The fourth-order valence-electron chi connectivity index (χ4n) is 2.38. The summed E-state index contributed by atoms with van der Waals surface area (Å²) in [6.45, 7) is 5.06. The summed E-state index contributed by atoms with van der Waals surface area (Å²) in [6, 6.07) is 8.81. The largest absolute Gasteiger partial charge is 0.313 e. The van der Waals surface area contributed by atoms with Gasteiger partial charge in [-0.25, -0.2) is 0 Å². The predicted molar refractivity (Wildman–Crippen MR) is 95.0 cm³/mol. The summed E-state index contributed by atoms with van der Waals surface area (Å²) in [6.07, 6.45) is 0.922. The second kappa shape index (κ2) is 7.04. The molecular weight excluding hydrogens is 429 g/mol. The van der Waals surface area contributed by atoms with E-state index >= 15 is 0 Å². The third kappa shape index (κ3) is 3.26. The molecule has 0 fully saturated rings. The summed E-state index contributed by atoms with van der Waals surface area (Å²) in [5.74, 6) is 0. The van der Waals surface area contributed by atoms with Crippen LogP contribution >= 0.6 is 38.5 Å². The molecule has 20 heavy (non-hydrogen) atoms. The highest BCUT2D eigenvalue weighted by molar-refractivity contribution is 14.1. The molecule has 1 N–H and O–H groups in total. The number of nitrogens with zero attached hydrogens (tertiary/aromatic N) is 2. The van der Waals surface area contributed by atoms with Crippen molar-refractivity contribution in [3.05, 3.63) is 49.3 Å². The van der Waals surface area contributed by atoms with E-state index in [1.807, 2.05) is 14.0 Å². The van der Waals surface area contributed by atoms with Gasteiger partial charge in [0.1, 0.15) is 0 Å². The maximum Gasteiger partial charge on any atom is 0.0738 e. The van der Waals surface area contributed by atoms with Gasteiger partial charge in [-0.3, -0.25) is 4.68 Å². The summed E-state index contributed by atoms with van der Waals surface area (Å²) in [4.78, 5) is 0. The van der Waals surface area contributed by atoms with E-state index in [1.165, 1.54) is 14.8 Å². The van der Waals surface area contributed by atoms with Crippen molar-refractivity contribution in [2.24, 2.45) is 0 Å². The van der Waals surface area contributed by atoms with Gasteiger partial charge in [-0.05, 0) is 71.0 Å². The lowest BCUT2D eigenvalue weighted by atomic mass is 10.0. The average Bonchev–Trinajstić information content (AvgIpc) is 2.73. The van der Waals surface area contributed by atoms with Crippen molar-refractivity contribution in [1.82, 2.24) is 15.1 Å². The second-order valence-corrected chi connectivity index (χ2v) is 6.68. The van der Waals surface area contributed by atoms with Crippen LogP contribution in [0.4, 0.5) is 0 Å². The number of aryl methyl sites for hydroxylation is 2. The van der Waals surface area contributed by atoms with Gasteiger partial charge in [-0.15, -0.1) is 0 Å². The van der Waals surface area contributed by atoms with Gasteiger partial charge in [0.15, 0.2) is 0 Å². The van der Waals surface area contributed by atoms with Crippen molar-refractivity contribution < 1.29 is 0 Å². The van der Waals surface area contributed by atoms with Crippen LogP contribution in [0.5, 0.6) is 0 Å². The Labute approximate surface area is 142 Å². The first-order valence-corrected chi connectivity index (χ1v) is 8.59. The minimum absolute atomic E-state index is 0.292. The first kappa shape index (κ1) is 16.0. The standard InChI is InChI=1S/C15H19BrIN3/c1-4-20-14(15(16)10(2)19-20)9-13(18-3)11-7-5-6-8-12(11)17/h5-8,13,18H,4,9H2,1-3H3. The molecule has 0 radical (unpaired) electrons. The highest BCUT2D eigenvalue weighted by atomic mass is 127. The Balaban J connectivity index is 2.34. The van der Waals surface area contributed by atoms with Crippen LogP contribution in [0.2, 0.25) is 0 Å². The van der Waals surface area contributed by atoms with Gasteiger partial charge in [0.2, 0.25) is 0 Å². The summed E-state index contributed by atoms with van der Waals surface area (Å²) in [5.41, 5.74) is 3.65. The smallest absolute Gasteiger partial charge is 0.0738 e. The minimum Gasteiger partial charge on any atom is -0.313 e. The lowest BCUT2D eigenvalue weighted by molar-refractivity contribution is 0.538. The van der Waals surface area contributed by atoms with E-state index < -0.39 is 0 Å². The number of likely N-dealkylation sites (N-methyl/N-ethyl adjacent to an activating group) is 1. The second-order valence-electron chi connectivity index (χ2n) is 4.73. The van der Waals surface area contributed by atoms with Crippen LogP contribution in [-0.4, -0.2) is 16.8 Å². The van der Waals surface area contributed by atoms with E-state index in [2.05, 4.69) is 84.8 Å². The van der Waals surface area contributed by atoms with Gasteiger partial charge in [-0.2, -0.15) is 5.10 Å². The molecule has 0 aliphatic carbocycles. The third-order valence-corrected chi connectivity index (χ3v) is 5.49. The highest BCUT2D eigenvalue weighted by Crippen LogP contribution is 2.28. The van der Waals surface area contributed by atoms with Crippen molar-refractivity contribution in [2.45, 2.75) is 32.9 Å². The van der Waals surface area contributed by atoms with Crippen LogP contribution < -0.4 is 5.32 Å². The van der Waals surface area contributed by atoms with Crippen molar-refractivity contribution >= 4 is 38.5 Å². The van der Waals surface area contributed by atoms with Gasteiger partial charge >= 0.3 is 0 Å². The monoisotopic (exact) mass is 447 g/mol. The van der Waals surface area contributed by atoms with Gasteiger partial charge in [-0.1, -0.05) is 18.2 Å². The predicted octanol–water partition coefficient (Wildman–Crippen LogP) is 4.08. The molecule has 5 heteroatoms. The Kier molecular flexibility index (Phi) is 5.63. The zero-order valence-electron chi connectivity index (χ0n) is 12.0. The maximum absolute atomic E-state index is 4.57. The Morgan fingerprint density at radius 2 is 2.10 bits per heavy atom. The fourth-order valence-corrected chi connectivity index (χ4v) is 3.59. The summed E-state index contributed by atoms with van der Waals surface area (Å²) in [5, 5.41) is 8.00. The molecule has 1 aromatic heterocycles. The quantitative estimate of drug-likeness (QED) is 0.700. The molecule has 0 amide bonds. The van der Waals surface area contributed by atoms with E-state index in [0.29, 0.717) is 6.04 Å². The molecule has 0 saturated carbocycles. The number of hydrogen-bond donors (Lipinski definition) is 1. The Bertz CT molecular complexity index is 595. The summed E-state index contributed by atoms with van der Waals surface area (Å²) in [7, 11) is 2.02. The highest BCUT2D eigenvalue weighted by Gasteiger charge is 2.19. The van der Waals surface area contributed by atoms with E-state index in [1.54, 1.807) is 0 Å². The van der Waals surface area contributed by atoms with Crippen molar-refractivity contribution in [3.63, 3.8) is 0 Å². The van der Waals surface area contributed by atoms with Crippen LogP contribution in [0.3, 0.4) is 0 Å². The van der Waals surface area contributed by atoms with Crippen LogP contribution in [0, 0.1) is 10.5 Å². The molecule has 2 rings (SSSR count).